The molecule has 6 heteroatoms. The highest BCUT2D eigenvalue weighted by atomic mass is 19.1. The predicted molar refractivity (Wildman–Crippen MR) is 69.7 cm³/mol. The maximum Gasteiger partial charge on any atom is 0.340 e. The quantitative estimate of drug-likeness (QED) is 0.655. The number of anilines is 3. The Kier molecular flexibility index (Phi) is 3.61. The molecule has 1 heterocycles. The lowest BCUT2D eigenvalue weighted by atomic mass is 10.1. The van der Waals surface area contributed by atoms with Crippen molar-refractivity contribution in [1.29, 1.82) is 0 Å². The Balaban J connectivity index is 2.29. The van der Waals surface area contributed by atoms with E-state index in [2.05, 4.69) is 15.0 Å². The van der Waals surface area contributed by atoms with E-state index in [4.69, 9.17) is 5.73 Å². The molecule has 0 fully saturated rings. The van der Waals surface area contributed by atoms with Crippen LogP contribution in [0.5, 0.6) is 0 Å². The first kappa shape index (κ1) is 12.8. The van der Waals surface area contributed by atoms with Gasteiger partial charge in [-0.2, -0.15) is 0 Å². The van der Waals surface area contributed by atoms with E-state index in [1.54, 1.807) is 12.1 Å². The summed E-state index contributed by atoms with van der Waals surface area (Å²) in [5, 5.41) is 2.93. The summed E-state index contributed by atoms with van der Waals surface area (Å²) in [5.41, 5.74) is 7.30. The third-order valence-electron chi connectivity index (χ3n) is 2.45. The van der Waals surface area contributed by atoms with Crippen LogP contribution < -0.4 is 11.1 Å². The lowest BCUT2D eigenvalue weighted by Crippen LogP contribution is -2.06. The standard InChI is InChI=1S/C13H12FN3O2/c1-19-13(18)11-5-9(2-3-12(11)15)17-10-4-8(14)6-16-7-10/h2-7,17H,15H2,1H3. The van der Waals surface area contributed by atoms with Gasteiger partial charge >= 0.3 is 5.97 Å². The van der Waals surface area contributed by atoms with Crippen molar-refractivity contribution in [2.75, 3.05) is 18.2 Å². The first-order valence-electron chi connectivity index (χ1n) is 5.45. The molecule has 0 aliphatic carbocycles. The van der Waals surface area contributed by atoms with Crippen LogP contribution in [0, 0.1) is 5.82 Å². The molecule has 19 heavy (non-hydrogen) atoms. The van der Waals surface area contributed by atoms with Crippen molar-refractivity contribution in [3.63, 3.8) is 0 Å². The number of methoxy groups -OCH3 is 1. The molecule has 98 valence electrons. The van der Waals surface area contributed by atoms with Crippen molar-refractivity contribution in [3.8, 4) is 0 Å². The minimum absolute atomic E-state index is 0.247. The Morgan fingerprint density at radius 1 is 1.32 bits per heavy atom. The Hall–Kier alpha value is -2.63. The van der Waals surface area contributed by atoms with E-state index in [9.17, 15) is 9.18 Å². The fraction of sp³-hybridized carbons (Fsp3) is 0.0769. The molecule has 0 radical (unpaired) electrons. The van der Waals surface area contributed by atoms with Crippen molar-refractivity contribution in [2.24, 2.45) is 0 Å². The minimum atomic E-state index is -0.529. The van der Waals surface area contributed by atoms with Crippen LogP contribution in [0.2, 0.25) is 0 Å². The summed E-state index contributed by atoms with van der Waals surface area (Å²) < 4.78 is 17.6. The summed E-state index contributed by atoms with van der Waals surface area (Å²) >= 11 is 0. The number of halogens is 1. The van der Waals surface area contributed by atoms with Crippen LogP contribution >= 0.6 is 0 Å². The molecule has 0 saturated carbocycles. The SMILES string of the molecule is COC(=O)c1cc(Nc2cncc(F)c2)ccc1N. The van der Waals surface area contributed by atoms with Crippen molar-refractivity contribution < 1.29 is 13.9 Å². The molecule has 2 rings (SSSR count). The monoisotopic (exact) mass is 261 g/mol. The smallest absolute Gasteiger partial charge is 0.340 e. The molecular formula is C13H12FN3O2. The summed E-state index contributed by atoms with van der Waals surface area (Å²) in [5.74, 6) is -0.979. The molecule has 0 atom stereocenters. The van der Waals surface area contributed by atoms with Gasteiger partial charge in [-0.05, 0) is 18.2 Å². The zero-order valence-electron chi connectivity index (χ0n) is 10.2. The van der Waals surface area contributed by atoms with E-state index in [-0.39, 0.29) is 5.56 Å². The van der Waals surface area contributed by atoms with E-state index in [0.717, 1.165) is 6.20 Å². The van der Waals surface area contributed by atoms with Crippen LogP contribution in [-0.4, -0.2) is 18.1 Å². The van der Waals surface area contributed by atoms with Gasteiger partial charge in [-0.1, -0.05) is 0 Å². The molecule has 1 aromatic heterocycles. The number of pyridine rings is 1. The van der Waals surface area contributed by atoms with Gasteiger partial charge in [-0.3, -0.25) is 4.98 Å². The van der Waals surface area contributed by atoms with Crippen LogP contribution in [0.4, 0.5) is 21.5 Å². The second-order valence-electron chi connectivity index (χ2n) is 3.81. The van der Waals surface area contributed by atoms with E-state index < -0.39 is 11.8 Å². The molecule has 0 spiro atoms. The van der Waals surface area contributed by atoms with Gasteiger partial charge in [0.2, 0.25) is 0 Å². The first-order chi connectivity index (χ1) is 9.10. The third-order valence-corrected chi connectivity index (χ3v) is 2.45. The summed E-state index contributed by atoms with van der Waals surface area (Å²) in [7, 11) is 1.28. The van der Waals surface area contributed by atoms with Gasteiger partial charge in [0.1, 0.15) is 5.82 Å². The normalized spacial score (nSPS) is 10.0. The first-order valence-corrected chi connectivity index (χ1v) is 5.45. The Morgan fingerprint density at radius 3 is 2.79 bits per heavy atom. The average molecular weight is 261 g/mol. The average Bonchev–Trinajstić information content (AvgIpc) is 2.40. The van der Waals surface area contributed by atoms with E-state index in [1.165, 1.54) is 25.4 Å². The Bertz CT molecular complexity index is 617. The van der Waals surface area contributed by atoms with E-state index >= 15 is 0 Å². The van der Waals surface area contributed by atoms with Gasteiger partial charge in [0.25, 0.3) is 0 Å². The maximum absolute atomic E-state index is 13.0. The van der Waals surface area contributed by atoms with Crippen LogP contribution in [0.3, 0.4) is 0 Å². The summed E-state index contributed by atoms with van der Waals surface area (Å²) in [6.07, 6.45) is 2.57. The fourth-order valence-electron chi connectivity index (χ4n) is 1.57. The number of carbonyl (C=O) groups is 1. The Morgan fingerprint density at radius 2 is 2.11 bits per heavy atom. The number of ether oxygens (including phenoxy) is 1. The molecule has 0 aliphatic heterocycles. The number of hydrogen-bond donors (Lipinski definition) is 2. The van der Waals surface area contributed by atoms with Gasteiger partial charge in [0.15, 0.2) is 0 Å². The van der Waals surface area contributed by atoms with Crippen LogP contribution in [0.1, 0.15) is 10.4 Å². The fourth-order valence-corrected chi connectivity index (χ4v) is 1.57. The van der Waals surface area contributed by atoms with Crippen molar-refractivity contribution in [1.82, 2.24) is 4.98 Å². The minimum Gasteiger partial charge on any atom is -0.465 e. The second-order valence-corrected chi connectivity index (χ2v) is 3.81. The molecule has 0 saturated heterocycles. The molecule has 0 amide bonds. The zero-order chi connectivity index (χ0) is 13.8. The van der Waals surface area contributed by atoms with E-state index in [1.807, 2.05) is 0 Å². The third kappa shape index (κ3) is 2.98. The molecule has 1 aromatic carbocycles. The number of nitrogens with zero attached hydrogens (tertiary/aromatic N) is 1. The largest absolute Gasteiger partial charge is 0.465 e. The van der Waals surface area contributed by atoms with Gasteiger partial charge in [0, 0.05) is 17.4 Å². The van der Waals surface area contributed by atoms with Gasteiger partial charge < -0.3 is 15.8 Å². The van der Waals surface area contributed by atoms with Gasteiger partial charge in [-0.15, -0.1) is 0 Å². The molecule has 0 bridgehead atoms. The summed E-state index contributed by atoms with van der Waals surface area (Å²) in [4.78, 5) is 15.2. The molecule has 5 nitrogen and oxygen atoms in total. The van der Waals surface area contributed by atoms with Crippen LogP contribution in [0.15, 0.2) is 36.7 Å². The number of nitrogen functional groups attached to an aromatic ring is 1. The zero-order valence-corrected chi connectivity index (χ0v) is 10.2. The summed E-state index contributed by atoms with van der Waals surface area (Å²) in [6.45, 7) is 0. The summed E-state index contributed by atoms with van der Waals surface area (Å²) in [6, 6.07) is 6.07. The lowest BCUT2D eigenvalue weighted by molar-refractivity contribution is 0.0602. The number of rotatable bonds is 3. The number of esters is 1. The lowest BCUT2D eigenvalue weighted by Gasteiger charge is -2.09. The van der Waals surface area contributed by atoms with Gasteiger partial charge in [-0.25, -0.2) is 9.18 Å². The highest BCUT2D eigenvalue weighted by Gasteiger charge is 2.10. The van der Waals surface area contributed by atoms with Gasteiger partial charge in [0.05, 0.1) is 30.8 Å². The van der Waals surface area contributed by atoms with E-state index in [0.29, 0.717) is 17.1 Å². The molecular weight excluding hydrogens is 249 g/mol. The van der Waals surface area contributed by atoms with Crippen LogP contribution in [0.25, 0.3) is 0 Å². The molecule has 0 unspecified atom stereocenters. The topological polar surface area (TPSA) is 77.2 Å². The number of nitrogens with one attached hydrogen (secondary N) is 1. The van der Waals surface area contributed by atoms with Crippen molar-refractivity contribution in [3.05, 3.63) is 48.0 Å². The second kappa shape index (κ2) is 5.34. The number of aromatic nitrogens is 1. The molecule has 0 aliphatic rings. The van der Waals surface area contributed by atoms with Crippen molar-refractivity contribution >= 4 is 23.0 Å². The number of hydrogen-bond acceptors (Lipinski definition) is 5. The number of benzene rings is 1. The predicted octanol–water partition coefficient (Wildman–Crippen LogP) is 2.33. The molecule has 2 aromatic rings. The highest BCUT2D eigenvalue weighted by molar-refractivity contribution is 5.96. The number of carbonyl (C=O) groups excluding carboxylic acids is 1. The molecule has 3 N–H and O–H groups in total. The Labute approximate surface area is 109 Å². The van der Waals surface area contributed by atoms with Crippen molar-refractivity contribution in [2.45, 2.75) is 0 Å². The highest BCUT2D eigenvalue weighted by Crippen LogP contribution is 2.22. The van der Waals surface area contributed by atoms with Crippen LogP contribution in [-0.2, 0) is 4.74 Å². The number of nitrogens with two attached hydrogens (primary N) is 1. The maximum atomic E-state index is 13.0.